The third kappa shape index (κ3) is 2.61. The lowest BCUT2D eigenvalue weighted by atomic mass is 10.2. The molecule has 100 valence electrons. The highest BCUT2D eigenvalue weighted by Gasteiger charge is 1.97. The quantitative estimate of drug-likeness (QED) is 0.478. The third-order valence-electron chi connectivity index (χ3n) is 2.88. The number of benzene rings is 2. The topological polar surface area (TPSA) is 57.4 Å². The summed E-state index contributed by atoms with van der Waals surface area (Å²) in [6.45, 7) is 2.02. The van der Waals surface area contributed by atoms with Gasteiger partial charge in [0.05, 0.1) is 10.2 Å². The van der Waals surface area contributed by atoms with Gasteiger partial charge in [0.2, 0.25) is 0 Å². The van der Waals surface area contributed by atoms with Crippen molar-refractivity contribution in [3.05, 3.63) is 52.0 Å². The van der Waals surface area contributed by atoms with E-state index in [0.29, 0.717) is 0 Å². The van der Waals surface area contributed by atoms with Crippen molar-refractivity contribution in [3.8, 4) is 0 Å². The molecule has 0 saturated heterocycles. The van der Waals surface area contributed by atoms with Crippen molar-refractivity contribution in [1.29, 1.82) is 0 Å². The van der Waals surface area contributed by atoms with E-state index in [0.717, 1.165) is 26.1 Å². The highest BCUT2D eigenvalue weighted by Crippen LogP contribution is 2.17. The van der Waals surface area contributed by atoms with E-state index in [2.05, 4.69) is 26.5 Å². The second-order valence-electron chi connectivity index (χ2n) is 4.28. The summed E-state index contributed by atoms with van der Waals surface area (Å²) < 4.78 is 2.08. The van der Waals surface area contributed by atoms with Gasteiger partial charge in [-0.15, -0.1) is 11.3 Å². The predicted octanol–water partition coefficient (Wildman–Crippen LogP) is 4.23. The first kappa shape index (κ1) is 13.0. The summed E-state index contributed by atoms with van der Waals surface area (Å²) in [4.78, 5) is 3.09. The Balaban J connectivity index is 0.000000121. The molecule has 0 saturated carbocycles. The second-order valence-corrected chi connectivity index (χ2v) is 6.00. The number of aromatic nitrogens is 4. The van der Waals surface area contributed by atoms with E-state index in [1.54, 1.807) is 11.3 Å². The molecule has 0 aliphatic heterocycles. The molecule has 4 aromatic rings. The maximum absolute atomic E-state index is 4.98. The van der Waals surface area contributed by atoms with E-state index in [1.165, 1.54) is 4.70 Å². The van der Waals surface area contributed by atoms with Crippen LogP contribution in [-0.2, 0) is 0 Å². The van der Waals surface area contributed by atoms with Crippen molar-refractivity contribution in [1.82, 2.24) is 20.4 Å². The van der Waals surface area contributed by atoms with Crippen LogP contribution in [0, 0.1) is 10.9 Å². The number of H-pyrrole nitrogens is 2. The molecule has 20 heavy (non-hydrogen) atoms. The van der Waals surface area contributed by atoms with Crippen LogP contribution < -0.4 is 0 Å². The fourth-order valence-electron chi connectivity index (χ4n) is 1.90. The van der Waals surface area contributed by atoms with Crippen molar-refractivity contribution < 1.29 is 0 Å². The van der Waals surface area contributed by atoms with Crippen molar-refractivity contribution in [2.24, 2.45) is 0 Å². The van der Waals surface area contributed by atoms with E-state index in [-0.39, 0.29) is 0 Å². The fourth-order valence-corrected chi connectivity index (χ4v) is 3.02. The van der Waals surface area contributed by atoms with Crippen molar-refractivity contribution in [2.75, 3.05) is 0 Å². The lowest BCUT2D eigenvalue weighted by molar-refractivity contribution is 0.958. The Morgan fingerprint density at radius 2 is 1.90 bits per heavy atom. The molecule has 0 aliphatic carbocycles. The molecular formula is C14H12N4S2. The Morgan fingerprint density at radius 1 is 1.05 bits per heavy atom. The predicted molar refractivity (Wildman–Crippen MR) is 85.6 cm³/mol. The van der Waals surface area contributed by atoms with Crippen LogP contribution >= 0.6 is 23.6 Å². The van der Waals surface area contributed by atoms with Crippen LogP contribution in [0.3, 0.4) is 0 Å². The Bertz CT molecular complexity index is 868. The monoisotopic (exact) mass is 300 g/mol. The number of nitrogens with one attached hydrogen (secondary N) is 2. The van der Waals surface area contributed by atoms with E-state index in [9.17, 15) is 0 Å². The highest BCUT2D eigenvalue weighted by molar-refractivity contribution is 7.73. The molecule has 0 bridgehead atoms. The molecule has 2 heterocycles. The Hall–Kier alpha value is -2.05. The normalized spacial score (nSPS) is 10.4. The zero-order valence-corrected chi connectivity index (χ0v) is 12.4. The number of hydrogen-bond acceptors (Lipinski definition) is 4. The summed E-state index contributed by atoms with van der Waals surface area (Å²) in [5.41, 5.74) is 4.19. The van der Waals surface area contributed by atoms with Gasteiger partial charge in [0.25, 0.3) is 0 Å². The minimum Gasteiger partial charge on any atom is -0.337 e. The molecular weight excluding hydrogens is 288 g/mol. The van der Waals surface area contributed by atoms with Gasteiger partial charge >= 0.3 is 0 Å². The minimum absolute atomic E-state index is 0.848. The maximum atomic E-state index is 4.98. The summed E-state index contributed by atoms with van der Waals surface area (Å²) in [6, 6.07) is 14.0. The van der Waals surface area contributed by atoms with Crippen LogP contribution in [0.2, 0.25) is 0 Å². The third-order valence-corrected chi connectivity index (χ3v) is 4.09. The first-order chi connectivity index (χ1) is 9.74. The molecule has 2 aromatic carbocycles. The number of fused-ring (bicyclic) bond motifs is 2. The summed E-state index contributed by atoms with van der Waals surface area (Å²) in [5.74, 6) is 0. The largest absolute Gasteiger partial charge is 0.337 e. The second kappa shape index (κ2) is 5.52. The molecule has 6 heteroatoms. The van der Waals surface area contributed by atoms with E-state index < -0.39 is 0 Å². The van der Waals surface area contributed by atoms with Crippen molar-refractivity contribution in [3.63, 3.8) is 0 Å². The fraction of sp³-hybridized carbons (Fsp3) is 0.0714. The Morgan fingerprint density at radius 3 is 2.70 bits per heavy atom. The van der Waals surface area contributed by atoms with Gasteiger partial charge in [-0.3, -0.25) is 0 Å². The van der Waals surface area contributed by atoms with Gasteiger partial charge in [-0.05, 0) is 42.9 Å². The van der Waals surface area contributed by atoms with Crippen LogP contribution in [0.4, 0.5) is 0 Å². The van der Waals surface area contributed by atoms with E-state index >= 15 is 0 Å². The summed E-state index contributed by atoms with van der Waals surface area (Å²) in [5, 5.41) is 10.5. The number of hydrogen-bond donors (Lipinski definition) is 2. The van der Waals surface area contributed by atoms with Gasteiger partial charge in [-0.1, -0.05) is 24.3 Å². The molecule has 0 amide bonds. The van der Waals surface area contributed by atoms with Gasteiger partial charge in [0.1, 0.15) is 11.0 Å². The molecule has 2 aromatic heterocycles. The van der Waals surface area contributed by atoms with Crippen LogP contribution in [0.1, 0.15) is 5.56 Å². The standard InChI is InChI=1S/C7H7N3.C7H5NS2/c1-5-3-2-4-6-7(5)9-10-8-6;9-7-8-5-3-1-2-4-6(5)10-7/h2-4H,1H3,(H,8,9,10);1-4H,(H,8,9). The van der Waals surface area contributed by atoms with Crippen LogP contribution in [0.15, 0.2) is 42.5 Å². The lowest BCUT2D eigenvalue weighted by Crippen LogP contribution is -1.73. The molecule has 0 unspecified atom stereocenters. The number of nitrogens with zero attached hydrogens (tertiary/aromatic N) is 2. The van der Waals surface area contributed by atoms with Crippen LogP contribution in [0.5, 0.6) is 0 Å². The van der Waals surface area contributed by atoms with Crippen LogP contribution in [0.25, 0.3) is 21.3 Å². The molecule has 0 spiro atoms. The molecule has 0 radical (unpaired) electrons. The van der Waals surface area contributed by atoms with Gasteiger partial charge in [-0.25, -0.2) is 0 Å². The SMILES string of the molecule is Cc1cccc2n[nH]nc12.S=c1[nH]c2ccccc2s1. The van der Waals surface area contributed by atoms with Crippen molar-refractivity contribution >= 4 is 44.8 Å². The average Bonchev–Trinajstić information content (AvgIpc) is 3.04. The molecule has 0 fully saturated rings. The van der Waals surface area contributed by atoms with E-state index in [4.69, 9.17) is 12.2 Å². The molecule has 0 aliphatic rings. The van der Waals surface area contributed by atoms with Gasteiger partial charge in [0, 0.05) is 0 Å². The smallest absolute Gasteiger partial charge is 0.159 e. The molecule has 4 rings (SSSR count). The number of para-hydroxylation sites is 2. The van der Waals surface area contributed by atoms with Gasteiger partial charge < -0.3 is 4.98 Å². The number of rotatable bonds is 0. The number of aromatic amines is 2. The maximum Gasteiger partial charge on any atom is 0.159 e. The van der Waals surface area contributed by atoms with E-state index in [1.807, 2.05) is 43.3 Å². The Kier molecular flexibility index (Phi) is 3.58. The zero-order chi connectivity index (χ0) is 13.9. The number of aryl methyl sites for hydroxylation is 1. The first-order valence-corrected chi connectivity index (χ1v) is 7.30. The summed E-state index contributed by atoms with van der Waals surface area (Å²) >= 11 is 6.59. The zero-order valence-electron chi connectivity index (χ0n) is 10.8. The highest BCUT2D eigenvalue weighted by atomic mass is 32.1. The summed E-state index contributed by atoms with van der Waals surface area (Å²) in [7, 11) is 0. The lowest BCUT2D eigenvalue weighted by Gasteiger charge is -1.88. The van der Waals surface area contributed by atoms with Crippen LogP contribution in [-0.4, -0.2) is 20.4 Å². The van der Waals surface area contributed by atoms with Gasteiger partial charge in [0.15, 0.2) is 3.95 Å². The molecule has 2 N–H and O–H groups in total. The number of thiazole rings is 1. The molecule has 0 atom stereocenters. The average molecular weight is 300 g/mol. The summed E-state index contributed by atoms with van der Waals surface area (Å²) in [6.07, 6.45) is 0. The minimum atomic E-state index is 0.848. The Labute approximate surface area is 124 Å². The van der Waals surface area contributed by atoms with Crippen molar-refractivity contribution in [2.45, 2.75) is 6.92 Å². The van der Waals surface area contributed by atoms with Gasteiger partial charge in [-0.2, -0.15) is 15.4 Å². The molecule has 4 nitrogen and oxygen atoms in total. The first-order valence-electron chi connectivity index (χ1n) is 6.08.